The second-order valence-electron chi connectivity index (χ2n) is 2.32. The van der Waals surface area contributed by atoms with Crippen LogP contribution in [0.25, 0.3) is 0 Å². The molecule has 0 heterocycles. The standard InChI is InChI=1S/C5H5.2CH3.Zr.H/c1-2-4-5-3-1;;;;/h1-3H,4H2;2*1H3;;/q;;;;-1. The van der Waals surface area contributed by atoms with E-state index in [1.807, 2.05) is 0 Å². The molecule has 0 spiro atoms. The average Bonchev–Trinajstić information content (AvgIpc) is 2.12. The van der Waals surface area contributed by atoms with Gasteiger partial charge < -0.3 is 1.43 Å². The minimum absolute atomic E-state index is 0. The molecule has 1 rings (SSSR count). The Labute approximate surface area is 60.5 Å². The number of allylic oxidation sites excluding steroid dienone is 4. The third kappa shape index (κ3) is 1.42. The topological polar surface area (TPSA) is 0 Å². The van der Waals surface area contributed by atoms with Gasteiger partial charge in [0.1, 0.15) is 0 Å². The monoisotopic (exact) mass is 186 g/mol. The van der Waals surface area contributed by atoms with Crippen LogP contribution in [-0.4, -0.2) is 0 Å². The van der Waals surface area contributed by atoms with Crippen LogP contribution in [0.15, 0.2) is 21.5 Å². The summed E-state index contributed by atoms with van der Waals surface area (Å²) in [4.78, 5) is 0. The van der Waals surface area contributed by atoms with Gasteiger partial charge in [0.05, 0.1) is 0 Å². The van der Waals surface area contributed by atoms with E-state index >= 15 is 0 Å². The van der Waals surface area contributed by atoms with Crippen molar-refractivity contribution in [2.75, 3.05) is 0 Å². The molecular weight excluding hydrogens is 175 g/mol. The van der Waals surface area contributed by atoms with Gasteiger partial charge in [-0.25, -0.2) is 0 Å². The molecule has 0 bridgehead atoms. The van der Waals surface area contributed by atoms with Crippen molar-refractivity contribution in [3.63, 3.8) is 0 Å². The zero-order chi connectivity index (χ0) is 5.98. The summed E-state index contributed by atoms with van der Waals surface area (Å²) in [6.45, 7) is 0. The molecule has 45 valence electrons. The van der Waals surface area contributed by atoms with Gasteiger partial charge in [-0.3, -0.25) is 0 Å². The van der Waals surface area contributed by atoms with E-state index in [0.29, 0.717) is 0 Å². The van der Waals surface area contributed by atoms with Gasteiger partial charge in [-0.1, -0.05) is 0 Å². The molecule has 0 aromatic rings. The van der Waals surface area contributed by atoms with E-state index in [1.165, 1.54) is 6.42 Å². The second kappa shape index (κ2) is 2.78. The number of hydrogen-bond acceptors (Lipinski definition) is 0. The summed E-state index contributed by atoms with van der Waals surface area (Å²) in [5, 5.41) is 0. The Morgan fingerprint density at radius 1 is 1.62 bits per heavy atom. The van der Waals surface area contributed by atoms with E-state index in [4.69, 9.17) is 0 Å². The van der Waals surface area contributed by atoms with E-state index in [-0.39, 0.29) is 1.43 Å². The fourth-order valence-corrected chi connectivity index (χ4v) is 3.17. The SMILES string of the molecule is [CH3][Zr]([CH3])[C]1=CC=CC1.[H-]. The Bertz CT molecular complexity index is 136. The molecule has 0 atom stereocenters. The van der Waals surface area contributed by atoms with Gasteiger partial charge in [0, 0.05) is 0 Å². The zero-order valence-corrected chi connectivity index (χ0v) is 7.90. The van der Waals surface area contributed by atoms with Crippen molar-refractivity contribution in [1.29, 1.82) is 0 Å². The van der Waals surface area contributed by atoms with Crippen LogP contribution in [0.5, 0.6) is 0 Å². The minimum Gasteiger partial charge on any atom is -1.00 e. The van der Waals surface area contributed by atoms with E-state index in [1.54, 1.807) is 3.28 Å². The van der Waals surface area contributed by atoms with Crippen molar-refractivity contribution in [3.8, 4) is 0 Å². The van der Waals surface area contributed by atoms with Crippen LogP contribution in [0.1, 0.15) is 7.85 Å². The van der Waals surface area contributed by atoms with E-state index in [2.05, 4.69) is 27.5 Å². The van der Waals surface area contributed by atoms with Crippen molar-refractivity contribution >= 4 is 0 Å². The predicted octanol–water partition coefficient (Wildman–Crippen LogP) is 2.66. The van der Waals surface area contributed by atoms with Crippen LogP contribution < -0.4 is 0 Å². The maximum Gasteiger partial charge on any atom is -1.00 e. The van der Waals surface area contributed by atoms with Crippen LogP contribution in [0, 0.1) is 0 Å². The van der Waals surface area contributed by atoms with E-state index < -0.39 is 21.8 Å². The first-order chi connectivity index (χ1) is 3.80. The summed E-state index contributed by atoms with van der Waals surface area (Å²) in [7, 11) is 0. The van der Waals surface area contributed by atoms with Crippen LogP contribution in [0.3, 0.4) is 0 Å². The molecule has 0 fully saturated rings. The minimum atomic E-state index is -0.909. The van der Waals surface area contributed by atoms with Gasteiger partial charge in [0.2, 0.25) is 0 Å². The Morgan fingerprint density at radius 2 is 2.38 bits per heavy atom. The van der Waals surface area contributed by atoms with Gasteiger partial charge in [-0.2, -0.15) is 0 Å². The molecule has 1 heteroatoms. The molecule has 0 nitrogen and oxygen atoms in total. The molecule has 1 aliphatic carbocycles. The Morgan fingerprint density at radius 3 is 2.62 bits per heavy atom. The zero-order valence-electron chi connectivity index (χ0n) is 6.44. The van der Waals surface area contributed by atoms with Gasteiger partial charge in [0.15, 0.2) is 0 Å². The fraction of sp³-hybridized carbons (Fsp3) is 0.429. The van der Waals surface area contributed by atoms with E-state index in [9.17, 15) is 0 Å². The Kier molecular flexibility index (Phi) is 2.25. The molecule has 8 heavy (non-hydrogen) atoms. The molecule has 0 radical (unpaired) electrons. The summed E-state index contributed by atoms with van der Waals surface area (Å²) in [6, 6.07) is 0. The molecule has 0 unspecified atom stereocenters. The third-order valence-corrected chi connectivity index (χ3v) is 5.48. The summed E-state index contributed by atoms with van der Waals surface area (Å²) in [6.07, 6.45) is 8.00. The van der Waals surface area contributed by atoms with Gasteiger partial charge in [-0.15, -0.1) is 0 Å². The summed E-state index contributed by atoms with van der Waals surface area (Å²) >= 11 is -0.909. The largest absolute Gasteiger partial charge is 1.00 e. The molecule has 1 aliphatic rings. The quantitative estimate of drug-likeness (QED) is 0.592. The Hall–Kier alpha value is 0.363. The van der Waals surface area contributed by atoms with Crippen LogP contribution in [0.4, 0.5) is 0 Å². The smallest absolute Gasteiger partial charge is 1.00 e. The van der Waals surface area contributed by atoms with Crippen LogP contribution in [-0.2, 0) is 21.8 Å². The number of hydrogen-bond donors (Lipinski definition) is 0. The average molecular weight is 187 g/mol. The molecule has 0 N–H and O–H groups in total. The molecule has 0 saturated heterocycles. The molecular formula is C7H12Zr-. The van der Waals surface area contributed by atoms with E-state index in [0.717, 1.165) is 0 Å². The first-order valence-corrected chi connectivity index (χ1v) is 9.11. The summed E-state index contributed by atoms with van der Waals surface area (Å²) in [5.41, 5.74) is 0. The first-order valence-electron chi connectivity index (χ1n) is 2.97. The maximum atomic E-state index is 2.43. The maximum absolute atomic E-state index is 2.43. The van der Waals surface area contributed by atoms with Crippen molar-refractivity contribution in [1.82, 2.24) is 0 Å². The van der Waals surface area contributed by atoms with Crippen molar-refractivity contribution in [2.24, 2.45) is 0 Å². The Balaban J connectivity index is 0.000000640. The molecule has 0 saturated carbocycles. The summed E-state index contributed by atoms with van der Waals surface area (Å²) < 4.78 is 6.62. The molecule has 0 aromatic carbocycles. The predicted molar refractivity (Wildman–Crippen MR) is 34.7 cm³/mol. The van der Waals surface area contributed by atoms with Gasteiger partial charge >= 0.3 is 58.9 Å². The molecule has 0 aromatic heterocycles. The van der Waals surface area contributed by atoms with Crippen LogP contribution >= 0.6 is 0 Å². The van der Waals surface area contributed by atoms with Crippen molar-refractivity contribution in [2.45, 2.75) is 15.7 Å². The second-order valence-corrected chi connectivity index (χ2v) is 8.82. The van der Waals surface area contributed by atoms with Crippen molar-refractivity contribution in [3.05, 3.63) is 21.5 Å². The first kappa shape index (κ1) is 6.48. The van der Waals surface area contributed by atoms with Crippen LogP contribution in [0.2, 0.25) is 9.26 Å². The van der Waals surface area contributed by atoms with Crippen molar-refractivity contribution < 1.29 is 23.2 Å². The van der Waals surface area contributed by atoms with Gasteiger partial charge in [0.25, 0.3) is 0 Å². The summed E-state index contributed by atoms with van der Waals surface area (Å²) in [5.74, 6) is 0. The third-order valence-electron chi connectivity index (χ3n) is 1.41. The normalized spacial score (nSPS) is 16.5. The molecule has 0 amide bonds. The molecule has 0 aliphatic heterocycles. The van der Waals surface area contributed by atoms with Gasteiger partial charge in [-0.05, 0) is 0 Å². The fourth-order valence-electron chi connectivity index (χ4n) is 0.818. The number of rotatable bonds is 1.